The van der Waals surface area contributed by atoms with Gasteiger partial charge in [-0.05, 0) is 6.42 Å². The fourth-order valence-electron chi connectivity index (χ4n) is 1.83. The maximum absolute atomic E-state index is 12.8. The zero-order valence-electron chi connectivity index (χ0n) is 9.72. The summed E-state index contributed by atoms with van der Waals surface area (Å²) in [7, 11) is 1.51. The van der Waals surface area contributed by atoms with Crippen LogP contribution in [0.4, 0.5) is 13.2 Å². The zero-order chi connectivity index (χ0) is 12.9. The molecule has 0 aromatic heterocycles. The van der Waals surface area contributed by atoms with E-state index in [9.17, 15) is 18.0 Å². The molecule has 1 N–H and O–H groups in total. The molecule has 0 aromatic rings. The van der Waals surface area contributed by atoms with Crippen LogP contribution in [0.5, 0.6) is 0 Å². The van der Waals surface area contributed by atoms with Crippen molar-refractivity contribution in [1.82, 2.24) is 10.2 Å². The van der Waals surface area contributed by atoms with E-state index >= 15 is 0 Å². The predicted octanol–water partition coefficient (Wildman–Crippen LogP) is 0.776. The Morgan fingerprint density at radius 3 is 2.82 bits per heavy atom. The van der Waals surface area contributed by atoms with Crippen molar-refractivity contribution < 1.29 is 22.7 Å². The van der Waals surface area contributed by atoms with Gasteiger partial charge in [0.25, 0.3) is 0 Å². The topological polar surface area (TPSA) is 41.6 Å². The zero-order valence-corrected chi connectivity index (χ0v) is 9.72. The minimum atomic E-state index is -4.31. The van der Waals surface area contributed by atoms with Crippen LogP contribution in [0.2, 0.25) is 0 Å². The average molecular weight is 254 g/mol. The Morgan fingerprint density at radius 2 is 2.24 bits per heavy atom. The number of amides is 1. The standard InChI is InChI=1S/C10H17F3N2O2/c1-17-6-2-4-15-5-3-9(16)14-7-8(15)10(11,12)13/h8H,2-7H2,1H3,(H,14,16). The van der Waals surface area contributed by atoms with Gasteiger partial charge in [0.1, 0.15) is 6.04 Å². The van der Waals surface area contributed by atoms with E-state index in [1.54, 1.807) is 0 Å². The molecule has 100 valence electrons. The molecule has 7 heteroatoms. The highest BCUT2D eigenvalue weighted by molar-refractivity contribution is 5.76. The van der Waals surface area contributed by atoms with Gasteiger partial charge in [-0.25, -0.2) is 0 Å². The summed E-state index contributed by atoms with van der Waals surface area (Å²) in [6.07, 6.45) is -3.68. The Hall–Kier alpha value is -0.820. The van der Waals surface area contributed by atoms with Crippen LogP contribution in [0.1, 0.15) is 12.8 Å². The molecule has 1 amide bonds. The lowest BCUT2D eigenvalue weighted by molar-refractivity contribution is -0.181. The second kappa shape index (κ2) is 6.20. The molecule has 1 heterocycles. The maximum Gasteiger partial charge on any atom is 0.405 e. The number of rotatable bonds is 4. The summed E-state index contributed by atoms with van der Waals surface area (Å²) < 4.78 is 43.2. The van der Waals surface area contributed by atoms with Crippen LogP contribution in [0.15, 0.2) is 0 Å². The fourth-order valence-corrected chi connectivity index (χ4v) is 1.83. The van der Waals surface area contributed by atoms with Crippen LogP contribution < -0.4 is 5.32 Å². The molecule has 1 aliphatic rings. The number of methoxy groups -OCH3 is 1. The quantitative estimate of drug-likeness (QED) is 0.754. The minimum Gasteiger partial charge on any atom is -0.385 e. The van der Waals surface area contributed by atoms with Crippen LogP contribution in [0.3, 0.4) is 0 Å². The number of carbonyl (C=O) groups is 1. The molecule has 1 rings (SSSR count). The normalized spacial score (nSPS) is 23.3. The van der Waals surface area contributed by atoms with E-state index < -0.39 is 12.2 Å². The minimum absolute atomic E-state index is 0.111. The summed E-state index contributed by atoms with van der Waals surface area (Å²) in [6, 6.07) is -1.59. The molecule has 4 nitrogen and oxygen atoms in total. The van der Waals surface area contributed by atoms with E-state index in [4.69, 9.17) is 4.74 Å². The number of carbonyl (C=O) groups excluding carboxylic acids is 1. The first kappa shape index (κ1) is 14.2. The maximum atomic E-state index is 12.8. The van der Waals surface area contributed by atoms with E-state index in [1.807, 2.05) is 0 Å². The van der Waals surface area contributed by atoms with Gasteiger partial charge in [0.05, 0.1) is 0 Å². The molecule has 1 fully saturated rings. The number of nitrogens with one attached hydrogen (secondary N) is 1. The highest BCUT2D eigenvalue weighted by Crippen LogP contribution is 2.25. The predicted molar refractivity (Wildman–Crippen MR) is 55.5 cm³/mol. The largest absolute Gasteiger partial charge is 0.405 e. The van der Waals surface area contributed by atoms with Gasteiger partial charge in [-0.3, -0.25) is 9.69 Å². The SMILES string of the molecule is COCCCN1CCC(=O)NCC1C(F)(F)F. The molecule has 1 saturated heterocycles. The molecule has 0 bridgehead atoms. The summed E-state index contributed by atoms with van der Waals surface area (Å²) in [6.45, 7) is 0.477. The van der Waals surface area contributed by atoms with Crippen molar-refractivity contribution in [2.45, 2.75) is 25.1 Å². The smallest absolute Gasteiger partial charge is 0.385 e. The molecular weight excluding hydrogens is 237 g/mol. The highest BCUT2D eigenvalue weighted by atomic mass is 19.4. The van der Waals surface area contributed by atoms with Crippen LogP contribution in [0, 0.1) is 0 Å². The van der Waals surface area contributed by atoms with Crippen molar-refractivity contribution >= 4 is 5.91 Å². The Bertz CT molecular complexity index is 258. The monoisotopic (exact) mass is 254 g/mol. The molecule has 1 atom stereocenters. The van der Waals surface area contributed by atoms with Crippen LogP contribution in [-0.4, -0.2) is 56.4 Å². The third-order valence-corrected chi connectivity index (χ3v) is 2.73. The number of hydrogen-bond acceptors (Lipinski definition) is 3. The van der Waals surface area contributed by atoms with Crippen LogP contribution in [-0.2, 0) is 9.53 Å². The Morgan fingerprint density at radius 1 is 1.53 bits per heavy atom. The summed E-state index contributed by atoms with van der Waals surface area (Å²) in [4.78, 5) is 12.4. The van der Waals surface area contributed by atoms with Gasteiger partial charge in [0, 0.05) is 39.8 Å². The summed E-state index contributed by atoms with van der Waals surface area (Å²) in [5.74, 6) is -0.325. The van der Waals surface area contributed by atoms with Crippen molar-refractivity contribution in [1.29, 1.82) is 0 Å². The van der Waals surface area contributed by atoms with E-state index in [2.05, 4.69) is 5.32 Å². The van der Waals surface area contributed by atoms with Crippen molar-refractivity contribution in [3.05, 3.63) is 0 Å². The van der Waals surface area contributed by atoms with Gasteiger partial charge in [-0.2, -0.15) is 13.2 Å². The van der Waals surface area contributed by atoms with E-state index in [1.165, 1.54) is 12.0 Å². The Labute approximate surface area is 98.1 Å². The van der Waals surface area contributed by atoms with E-state index in [-0.39, 0.29) is 32.0 Å². The van der Waals surface area contributed by atoms with Gasteiger partial charge in [-0.15, -0.1) is 0 Å². The average Bonchev–Trinajstić information content (AvgIpc) is 2.40. The van der Waals surface area contributed by atoms with Gasteiger partial charge in [0.2, 0.25) is 5.91 Å². The number of nitrogens with zero attached hydrogens (tertiary/aromatic N) is 1. The van der Waals surface area contributed by atoms with Crippen molar-refractivity contribution in [3.63, 3.8) is 0 Å². The number of halogens is 3. The lowest BCUT2D eigenvalue weighted by Crippen LogP contribution is -2.50. The molecule has 0 aromatic carbocycles. The molecule has 0 radical (unpaired) electrons. The van der Waals surface area contributed by atoms with Gasteiger partial charge < -0.3 is 10.1 Å². The molecule has 0 spiro atoms. The first-order chi connectivity index (χ1) is 7.95. The third kappa shape index (κ3) is 4.51. The Kier molecular flexibility index (Phi) is 5.20. The Balaban J connectivity index is 2.62. The lowest BCUT2D eigenvalue weighted by atomic mass is 10.2. The molecule has 1 aliphatic heterocycles. The number of hydrogen-bond donors (Lipinski definition) is 1. The van der Waals surface area contributed by atoms with Crippen molar-refractivity contribution in [3.8, 4) is 0 Å². The second-order valence-electron chi connectivity index (χ2n) is 3.99. The first-order valence-corrected chi connectivity index (χ1v) is 5.51. The van der Waals surface area contributed by atoms with Gasteiger partial charge in [-0.1, -0.05) is 0 Å². The summed E-state index contributed by atoms with van der Waals surface area (Å²) in [5.41, 5.74) is 0. The fraction of sp³-hybridized carbons (Fsp3) is 0.900. The van der Waals surface area contributed by atoms with Crippen LogP contribution >= 0.6 is 0 Å². The summed E-state index contributed by atoms with van der Waals surface area (Å²) in [5, 5.41) is 2.29. The summed E-state index contributed by atoms with van der Waals surface area (Å²) >= 11 is 0. The van der Waals surface area contributed by atoms with E-state index in [0.717, 1.165) is 0 Å². The number of alkyl halides is 3. The second-order valence-corrected chi connectivity index (χ2v) is 3.99. The molecule has 17 heavy (non-hydrogen) atoms. The van der Waals surface area contributed by atoms with Crippen LogP contribution in [0.25, 0.3) is 0 Å². The van der Waals surface area contributed by atoms with Crippen molar-refractivity contribution in [2.24, 2.45) is 0 Å². The lowest BCUT2D eigenvalue weighted by Gasteiger charge is -2.30. The molecule has 1 unspecified atom stereocenters. The van der Waals surface area contributed by atoms with Crippen molar-refractivity contribution in [2.75, 3.05) is 33.4 Å². The first-order valence-electron chi connectivity index (χ1n) is 5.51. The molecular formula is C10H17F3N2O2. The molecule has 0 saturated carbocycles. The van der Waals surface area contributed by atoms with Gasteiger partial charge >= 0.3 is 6.18 Å². The number of ether oxygens (including phenoxy) is 1. The van der Waals surface area contributed by atoms with Gasteiger partial charge in [0.15, 0.2) is 0 Å². The third-order valence-electron chi connectivity index (χ3n) is 2.73. The van der Waals surface area contributed by atoms with E-state index in [0.29, 0.717) is 13.0 Å². The molecule has 0 aliphatic carbocycles. The highest BCUT2D eigenvalue weighted by Gasteiger charge is 2.44.